The monoisotopic (exact) mass is 305 g/mol. The molecule has 2 rings (SSSR count). The number of imide groups is 1. The average Bonchev–Trinajstić information content (AvgIpc) is 2.44. The normalized spacial score (nSPS) is 14.3. The van der Waals surface area contributed by atoms with Crippen LogP contribution >= 0.6 is 11.6 Å². The molecule has 1 aliphatic heterocycles. The van der Waals surface area contributed by atoms with E-state index in [2.05, 4.69) is 17.2 Å². The van der Waals surface area contributed by atoms with E-state index in [4.69, 9.17) is 17.3 Å². The van der Waals surface area contributed by atoms with Gasteiger partial charge in [0.15, 0.2) is 0 Å². The number of benzene rings is 1. The number of nitrogens with one attached hydrogen (secondary N) is 1. The second-order valence-electron chi connectivity index (χ2n) is 4.33. The van der Waals surface area contributed by atoms with Gasteiger partial charge < -0.3 is 10.6 Å². The number of piperazine rings is 1. The summed E-state index contributed by atoms with van der Waals surface area (Å²) in [7, 11) is 0. The van der Waals surface area contributed by atoms with Crippen LogP contribution in [0.15, 0.2) is 18.2 Å². The Bertz CT molecular complexity index is 660. The van der Waals surface area contributed by atoms with E-state index in [0.29, 0.717) is 16.1 Å². The molecule has 0 spiro atoms. The summed E-state index contributed by atoms with van der Waals surface area (Å²) >= 11 is 6.05. The number of hydrogen-bond acceptors (Lipinski definition) is 4. The van der Waals surface area contributed by atoms with Crippen molar-refractivity contribution in [2.24, 2.45) is 5.73 Å². The molecule has 0 bridgehead atoms. The zero-order chi connectivity index (χ0) is 15.4. The molecule has 3 N–H and O–H groups in total. The van der Waals surface area contributed by atoms with Crippen LogP contribution in [0.5, 0.6) is 0 Å². The van der Waals surface area contributed by atoms with Crippen molar-refractivity contribution in [3.8, 4) is 11.8 Å². The number of hydrogen-bond donors (Lipinski definition) is 2. The summed E-state index contributed by atoms with van der Waals surface area (Å²) in [4.78, 5) is 36.0. The third-order valence-corrected chi connectivity index (χ3v) is 3.09. The molecule has 21 heavy (non-hydrogen) atoms. The Morgan fingerprint density at radius 2 is 2.00 bits per heavy atom. The van der Waals surface area contributed by atoms with Crippen molar-refractivity contribution < 1.29 is 14.4 Å². The van der Waals surface area contributed by atoms with Gasteiger partial charge in [-0.3, -0.25) is 19.7 Å². The van der Waals surface area contributed by atoms with E-state index in [-0.39, 0.29) is 19.6 Å². The molecule has 1 aliphatic rings. The van der Waals surface area contributed by atoms with Crippen molar-refractivity contribution in [2.45, 2.75) is 0 Å². The number of nitrogens with two attached hydrogens (primary N) is 1. The molecule has 1 heterocycles. The zero-order valence-electron chi connectivity index (χ0n) is 11.0. The summed E-state index contributed by atoms with van der Waals surface area (Å²) in [5.74, 6) is 4.01. The molecule has 3 amide bonds. The predicted octanol–water partition coefficient (Wildman–Crippen LogP) is -0.251. The topological polar surface area (TPSA) is 92.5 Å². The molecule has 1 fully saturated rings. The molecule has 0 unspecified atom stereocenters. The van der Waals surface area contributed by atoms with Crippen LogP contribution in [0.25, 0.3) is 0 Å². The van der Waals surface area contributed by atoms with Gasteiger partial charge >= 0.3 is 0 Å². The van der Waals surface area contributed by atoms with Gasteiger partial charge in [0, 0.05) is 11.1 Å². The van der Waals surface area contributed by atoms with E-state index in [1.165, 1.54) is 6.07 Å². The van der Waals surface area contributed by atoms with Gasteiger partial charge in [0.2, 0.25) is 11.8 Å². The Morgan fingerprint density at radius 1 is 1.33 bits per heavy atom. The summed E-state index contributed by atoms with van der Waals surface area (Å²) in [6.07, 6.45) is 0. The summed E-state index contributed by atoms with van der Waals surface area (Å²) in [5.41, 5.74) is 6.13. The highest BCUT2D eigenvalue weighted by Gasteiger charge is 2.27. The van der Waals surface area contributed by atoms with E-state index in [0.717, 1.165) is 4.90 Å². The van der Waals surface area contributed by atoms with E-state index in [1.807, 2.05) is 0 Å². The fourth-order valence-electron chi connectivity index (χ4n) is 1.86. The molecule has 1 saturated heterocycles. The van der Waals surface area contributed by atoms with Crippen molar-refractivity contribution >= 4 is 29.3 Å². The minimum absolute atomic E-state index is 0.156. The predicted molar refractivity (Wildman–Crippen MR) is 76.4 cm³/mol. The highest BCUT2D eigenvalue weighted by molar-refractivity contribution is 6.32. The van der Waals surface area contributed by atoms with Crippen molar-refractivity contribution in [3.63, 3.8) is 0 Å². The lowest BCUT2D eigenvalue weighted by Crippen LogP contribution is -2.53. The van der Waals surface area contributed by atoms with Crippen LogP contribution in [0.1, 0.15) is 15.9 Å². The average molecular weight is 306 g/mol. The molecule has 7 heteroatoms. The molecule has 6 nitrogen and oxygen atoms in total. The summed E-state index contributed by atoms with van der Waals surface area (Å²) in [6.45, 7) is -0.101. The summed E-state index contributed by atoms with van der Waals surface area (Å²) < 4.78 is 0. The molecule has 1 aromatic carbocycles. The molecule has 0 saturated carbocycles. The molecule has 1 aromatic rings. The van der Waals surface area contributed by atoms with E-state index < -0.39 is 17.7 Å². The second kappa shape index (κ2) is 6.39. The van der Waals surface area contributed by atoms with E-state index in [1.54, 1.807) is 12.1 Å². The first-order valence-corrected chi connectivity index (χ1v) is 6.49. The van der Waals surface area contributed by atoms with Crippen molar-refractivity contribution in [1.82, 2.24) is 10.2 Å². The van der Waals surface area contributed by atoms with E-state index in [9.17, 15) is 14.4 Å². The molecule has 108 valence electrons. The molecule has 0 radical (unpaired) electrons. The Labute approximate surface area is 126 Å². The van der Waals surface area contributed by atoms with Crippen LogP contribution in [-0.2, 0) is 9.59 Å². The number of halogens is 1. The van der Waals surface area contributed by atoms with Crippen molar-refractivity contribution in [3.05, 3.63) is 34.3 Å². The first kappa shape index (κ1) is 15.0. The lowest BCUT2D eigenvalue weighted by atomic mass is 10.1. The van der Waals surface area contributed by atoms with Gasteiger partial charge in [-0.25, -0.2) is 0 Å². The minimum atomic E-state index is -0.504. The van der Waals surface area contributed by atoms with Crippen LogP contribution in [-0.4, -0.2) is 42.3 Å². The fourth-order valence-corrected chi connectivity index (χ4v) is 2.09. The lowest BCUT2D eigenvalue weighted by molar-refractivity contribution is -0.135. The second-order valence-corrected chi connectivity index (χ2v) is 4.74. The standard InChI is InChI=1S/C14H12ClN3O3/c15-11-6-10(4-3-9(11)2-1-5-16)14(21)18-7-12(19)17-13(20)8-18/h3-4,6H,5,7-8,16H2,(H,17,19,20). The van der Waals surface area contributed by atoms with Gasteiger partial charge in [0.05, 0.1) is 11.6 Å². The third-order valence-electron chi connectivity index (χ3n) is 2.78. The Morgan fingerprint density at radius 3 is 2.57 bits per heavy atom. The maximum Gasteiger partial charge on any atom is 0.254 e. The maximum absolute atomic E-state index is 12.2. The SMILES string of the molecule is NCC#Cc1ccc(C(=O)N2CC(=O)NC(=O)C2)cc1Cl. The van der Waals surface area contributed by atoms with Crippen LogP contribution in [0.4, 0.5) is 0 Å². The van der Waals surface area contributed by atoms with Gasteiger partial charge in [-0.2, -0.15) is 0 Å². The van der Waals surface area contributed by atoms with Gasteiger partial charge in [-0.1, -0.05) is 23.4 Å². The van der Waals surface area contributed by atoms with Gasteiger partial charge in [-0.15, -0.1) is 0 Å². The van der Waals surface area contributed by atoms with Crippen molar-refractivity contribution in [2.75, 3.05) is 19.6 Å². The van der Waals surface area contributed by atoms with Gasteiger partial charge in [-0.05, 0) is 18.2 Å². The third kappa shape index (κ3) is 3.60. The van der Waals surface area contributed by atoms with Crippen LogP contribution < -0.4 is 11.1 Å². The molecule has 0 atom stereocenters. The Kier molecular flexibility index (Phi) is 4.58. The first-order valence-electron chi connectivity index (χ1n) is 6.11. The van der Waals surface area contributed by atoms with Crippen LogP contribution in [0.3, 0.4) is 0 Å². The molecule has 0 aromatic heterocycles. The summed E-state index contributed by atoms with van der Waals surface area (Å²) in [6, 6.07) is 4.61. The number of carbonyl (C=O) groups excluding carboxylic acids is 3. The largest absolute Gasteiger partial charge is 0.320 e. The number of nitrogens with zero attached hydrogens (tertiary/aromatic N) is 1. The lowest BCUT2D eigenvalue weighted by Gasteiger charge is -2.25. The van der Waals surface area contributed by atoms with Crippen LogP contribution in [0, 0.1) is 11.8 Å². The number of amides is 3. The fraction of sp³-hybridized carbons (Fsp3) is 0.214. The van der Waals surface area contributed by atoms with E-state index >= 15 is 0 Å². The van der Waals surface area contributed by atoms with Gasteiger partial charge in [0.1, 0.15) is 13.1 Å². The molecular weight excluding hydrogens is 294 g/mol. The van der Waals surface area contributed by atoms with Crippen LogP contribution in [0.2, 0.25) is 5.02 Å². The first-order chi connectivity index (χ1) is 10.0. The highest BCUT2D eigenvalue weighted by Crippen LogP contribution is 2.18. The molecular formula is C14H12ClN3O3. The summed E-state index contributed by atoms with van der Waals surface area (Å²) in [5, 5.41) is 2.45. The Hall–Kier alpha value is -2.36. The Balaban J connectivity index is 2.21. The molecule has 0 aliphatic carbocycles. The quantitative estimate of drug-likeness (QED) is 0.553. The minimum Gasteiger partial charge on any atom is -0.320 e. The van der Waals surface area contributed by atoms with Crippen molar-refractivity contribution in [1.29, 1.82) is 0 Å². The smallest absolute Gasteiger partial charge is 0.254 e. The number of rotatable bonds is 1. The highest BCUT2D eigenvalue weighted by atomic mass is 35.5. The van der Waals surface area contributed by atoms with Gasteiger partial charge in [0.25, 0.3) is 5.91 Å². The maximum atomic E-state index is 12.2. The zero-order valence-corrected chi connectivity index (χ0v) is 11.7. The number of carbonyl (C=O) groups is 3.